The average molecular weight is 236 g/mol. The molecule has 1 N–H and O–H groups in total. The summed E-state index contributed by atoms with van der Waals surface area (Å²) in [6, 6.07) is 7.69. The summed E-state index contributed by atoms with van der Waals surface area (Å²) in [5.41, 5.74) is -0.0339. The largest absolute Gasteiger partial charge is 0.490 e. The van der Waals surface area contributed by atoms with E-state index in [9.17, 15) is 5.11 Å². The molecule has 1 fully saturated rings. The predicted molar refractivity (Wildman–Crippen MR) is 66.2 cm³/mol. The Hall–Kier alpha value is -1.06. The Morgan fingerprint density at radius 2 is 1.88 bits per heavy atom. The molecule has 0 unspecified atom stereocenters. The van der Waals surface area contributed by atoms with Crippen LogP contribution in [0.25, 0.3) is 0 Å². The van der Waals surface area contributed by atoms with E-state index in [1.165, 1.54) is 0 Å². The first-order chi connectivity index (χ1) is 8.07. The highest BCUT2D eigenvalue weighted by molar-refractivity contribution is 5.37. The van der Waals surface area contributed by atoms with Crippen molar-refractivity contribution in [3.05, 3.63) is 29.8 Å². The van der Waals surface area contributed by atoms with Gasteiger partial charge in [0.15, 0.2) is 0 Å². The number of aliphatic hydroxyl groups is 1. The van der Waals surface area contributed by atoms with Crippen LogP contribution in [0.15, 0.2) is 24.3 Å². The van der Waals surface area contributed by atoms with Crippen molar-refractivity contribution in [2.45, 2.75) is 38.4 Å². The molecule has 0 aromatic heterocycles. The SMILES string of the molecule is CC(C)(O)c1ccccc1OC1CCOCC1. The van der Waals surface area contributed by atoms with Gasteiger partial charge in [-0.1, -0.05) is 18.2 Å². The summed E-state index contributed by atoms with van der Waals surface area (Å²) in [4.78, 5) is 0. The number of rotatable bonds is 3. The van der Waals surface area contributed by atoms with Crippen LogP contribution in [0.5, 0.6) is 5.75 Å². The minimum atomic E-state index is -0.873. The third-order valence-electron chi connectivity index (χ3n) is 3.01. The van der Waals surface area contributed by atoms with Crippen LogP contribution in [0.2, 0.25) is 0 Å². The van der Waals surface area contributed by atoms with Crippen LogP contribution < -0.4 is 4.74 Å². The van der Waals surface area contributed by atoms with E-state index in [4.69, 9.17) is 9.47 Å². The van der Waals surface area contributed by atoms with Gasteiger partial charge in [0.25, 0.3) is 0 Å². The Morgan fingerprint density at radius 3 is 2.53 bits per heavy atom. The Bertz CT molecular complexity index is 362. The maximum absolute atomic E-state index is 10.1. The number of hydrogen-bond donors (Lipinski definition) is 1. The Morgan fingerprint density at radius 1 is 1.24 bits per heavy atom. The van der Waals surface area contributed by atoms with Crippen LogP contribution >= 0.6 is 0 Å². The molecule has 1 heterocycles. The molecule has 1 aliphatic rings. The van der Waals surface area contributed by atoms with E-state index in [0.717, 1.165) is 37.4 Å². The molecule has 17 heavy (non-hydrogen) atoms. The van der Waals surface area contributed by atoms with Crippen LogP contribution in [-0.4, -0.2) is 24.4 Å². The summed E-state index contributed by atoms with van der Waals surface area (Å²) in [7, 11) is 0. The van der Waals surface area contributed by atoms with Crippen LogP contribution in [-0.2, 0) is 10.3 Å². The minimum Gasteiger partial charge on any atom is -0.490 e. The van der Waals surface area contributed by atoms with Gasteiger partial charge in [-0.2, -0.15) is 0 Å². The van der Waals surface area contributed by atoms with Crippen molar-refractivity contribution in [3.8, 4) is 5.75 Å². The van der Waals surface area contributed by atoms with Gasteiger partial charge in [0.1, 0.15) is 11.9 Å². The summed E-state index contributed by atoms with van der Waals surface area (Å²) >= 11 is 0. The first-order valence-electron chi connectivity index (χ1n) is 6.13. The average Bonchev–Trinajstić information content (AvgIpc) is 2.30. The monoisotopic (exact) mass is 236 g/mol. The predicted octanol–water partition coefficient (Wildman–Crippen LogP) is 2.47. The van der Waals surface area contributed by atoms with Gasteiger partial charge in [-0.25, -0.2) is 0 Å². The van der Waals surface area contributed by atoms with Crippen molar-refractivity contribution >= 4 is 0 Å². The molecule has 2 rings (SSSR count). The molecule has 3 heteroatoms. The normalized spacial score (nSPS) is 18.1. The lowest BCUT2D eigenvalue weighted by Gasteiger charge is -2.27. The molecule has 0 saturated carbocycles. The van der Waals surface area contributed by atoms with Gasteiger partial charge in [0.05, 0.1) is 18.8 Å². The fourth-order valence-electron chi connectivity index (χ4n) is 2.05. The van der Waals surface area contributed by atoms with E-state index >= 15 is 0 Å². The standard InChI is InChI=1S/C14H20O3/c1-14(2,15)12-5-3-4-6-13(12)17-11-7-9-16-10-8-11/h3-6,11,15H,7-10H2,1-2H3. The van der Waals surface area contributed by atoms with E-state index in [-0.39, 0.29) is 6.10 Å². The number of hydrogen-bond acceptors (Lipinski definition) is 3. The van der Waals surface area contributed by atoms with Crippen molar-refractivity contribution in [1.29, 1.82) is 0 Å². The molecule has 1 saturated heterocycles. The van der Waals surface area contributed by atoms with Crippen LogP contribution in [0, 0.1) is 0 Å². The second-order valence-corrected chi connectivity index (χ2v) is 4.98. The first kappa shape index (κ1) is 12.4. The second kappa shape index (κ2) is 5.07. The molecule has 1 aliphatic heterocycles. The summed E-state index contributed by atoms with van der Waals surface area (Å²) in [5, 5.41) is 10.1. The molecule has 0 amide bonds. The number of benzene rings is 1. The molecule has 0 atom stereocenters. The molecule has 0 aliphatic carbocycles. The van der Waals surface area contributed by atoms with Gasteiger partial charge in [-0.3, -0.25) is 0 Å². The Kier molecular flexibility index (Phi) is 3.69. The van der Waals surface area contributed by atoms with E-state index < -0.39 is 5.60 Å². The fraction of sp³-hybridized carbons (Fsp3) is 0.571. The van der Waals surface area contributed by atoms with Gasteiger partial charge in [0, 0.05) is 18.4 Å². The van der Waals surface area contributed by atoms with Gasteiger partial charge in [0.2, 0.25) is 0 Å². The zero-order chi connectivity index (χ0) is 12.3. The Labute approximate surface area is 102 Å². The topological polar surface area (TPSA) is 38.7 Å². The van der Waals surface area contributed by atoms with Gasteiger partial charge >= 0.3 is 0 Å². The zero-order valence-corrected chi connectivity index (χ0v) is 10.5. The quantitative estimate of drug-likeness (QED) is 0.876. The number of para-hydroxylation sites is 1. The summed E-state index contributed by atoms with van der Waals surface area (Å²) < 4.78 is 11.3. The molecule has 1 aromatic rings. The Balaban J connectivity index is 2.14. The first-order valence-corrected chi connectivity index (χ1v) is 6.13. The molecule has 3 nitrogen and oxygen atoms in total. The van der Waals surface area contributed by atoms with Gasteiger partial charge in [-0.15, -0.1) is 0 Å². The summed E-state index contributed by atoms with van der Waals surface area (Å²) in [6.45, 7) is 5.07. The lowest BCUT2D eigenvalue weighted by Crippen LogP contribution is -2.27. The molecule has 1 aromatic carbocycles. The van der Waals surface area contributed by atoms with Crippen molar-refractivity contribution in [1.82, 2.24) is 0 Å². The van der Waals surface area contributed by atoms with Crippen molar-refractivity contribution in [2.75, 3.05) is 13.2 Å². The van der Waals surface area contributed by atoms with Crippen molar-refractivity contribution < 1.29 is 14.6 Å². The third kappa shape index (κ3) is 3.20. The van der Waals surface area contributed by atoms with Crippen LogP contribution in [0.3, 0.4) is 0 Å². The highest BCUT2D eigenvalue weighted by Gasteiger charge is 2.23. The maximum atomic E-state index is 10.1. The smallest absolute Gasteiger partial charge is 0.125 e. The molecule has 0 spiro atoms. The van der Waals surface area contributed by atoms with Crippen LogP contribution in [0.4, 0.5) is 0 Å². The fourth-order valence-corrected chi connectivity index (χ4v) is 2.05. The third-order valence-corrected chi connectivity index (χ3v) is 3.01. The van der Waals surface area contributed by atoms with E-state index in [0.29, 0.717) is 0 Å². The number of ether oxygens (including phenoxy) is 2. The molecule has 94 valence electrons. The van der Waals surface area contributed by atoms with E-state index in [1.54, 1.807) is 13.8 Å². The zero-order valence-electron chi connectivity index (χ0n) is 10.5. The maximum Gasteiger partial charge on any atom is 0.125 e. The van der Waals surface area contributed by atoms with Crippen LogP contribution in [0.1, 0.15) is 32.3 Å². The summed E-state index contributed by atoms with van der Waals surface area (Å²) in [6.07, 6.45) is 2.03. The van der Waals surface area contributed by atoms with E-state index in [2.05, 4.69) is 0 Å². The molecular formula is C14H20O3. The minimum absolute atomic E-state index is 0.201. The molecular weight excluding hydrogens is 216 g/mol. The van der Waals surface area contributed by atoms with E-state index in [1.807, 2.05) is 24.3 Å². The van der Waals surface area contributed by atoms with Gasteiger partial charge in [-0.05, 0) is 19.9 Å². The highest BCUT2D eigenvalue weighted by atomic mass is 16.5. The molecule has 0 bridgehead atoms. The highest BCUT2D eigenvalue weighted by Crippen LogP contribution is 2.30. The van der Waals surface area contributed by atoms with Crippen molar-refractivity contribution in [3.63, 3.8) is 0 Å². The van der Waals surface area contributed by atoms with Crippen molar-refractivity contribution in [2.24, 2.45) is 0 Å². The lowest BCUT2D eigenvalue weighted by atomic mass is 9.97. The second-order valence-electron chi connectivity index (χ2n) is 4.98. The lowest BCUT2D eigenvalue weighted by molar-refractivity contribution is 0.0210. The summed E-state index contributed by atoms with van der Waals surface area (Å²) in [5.74, 6) is 0.784. The van der Waals surface area contributed by atoms with Gasteiger partial charge < -0.3 is 14.6 Å². The molecule has 0 radical (unpaired) electrons.